The van der Waals surface area contributed by atoms with Crippen LogP contribution in [0.15, 0.2) is 30.9 Å². The van der Waals surface area contributed by atoms with E-state index in [1.54, 1.807) is 0 Å². The van der Waals surface area contributed by atoms with E-state index in [-0.39, 0.29) is 11.6 Å². The van der Waals surface area contributed by atoms with Crippen molar-refractivity contribution in [3.8, 4) is 0 Å². The van der Waals surface area contributed by atoms with E-state index in [1.807, 2.05) is 13.0 Å². The molecule has 1 nitrogen and oxygen atoms in total. The molecule has 94 valence electrons. The summed E-state index contributed by atoms with van der Waals surface area (Å²) >= 11 is 0. The SMILES string of the molecule is C=CCCC(Cc1c(F)cccc1F)NCC. The van der Waals surface area contributed by atoms with Gasteiger partial charge in [-0.25, -0.2) is 8.78 Å². The summed E-state index contributed by atoms with van der Waals surface area (Å²) in [6.45, 7) is 6.43. The van der Waals surface area contributed by atoms with E-state index in [2.05, 4.69) is 11.9 Å². The molecule has 17 heavy (non-hydrogen) atoms. The highest BCUT2D eigenvalue weighted by molar-refractivity contribution is 5.20. The van der Waals surface area contributed by atoms with Crippen LogP contribution >= 0.6 is 0 Å². The standard InChI is InChI=1S/C14H19F2N/c1-3-5-7-11(17-4-2)10-12-13(15)8-6-9-14(12)16/h3,6,8-9,11,17H,1,4-5,7,10H2,2H3. The predicted molar refractivity (Wildman–Crippen MR) is 67.0 cm³/mol. The summed E-state index contributed by atoms with van der Waals surface area (Å²) in [6.07, 6.45) is 3.88. The third-order valence-corrected chi connectivity index (χ3v) is 2.72. The molecule has 0 aromatic heterocycles. The van der Waals surface area contributed by atoms with Gasteiger partial charge in [-0.3, -0.25) is 0 Å². The van der Waals surface area contributed by atoms with Crippen molar-refractivity contribution in [3.05, 3.63) is 48.1 Å². The molecule has 0 radical (unpaired) electrons. The molecule has 1 unspecified atom stereocenters. The highest BCUT2D eigenvalue weighted by atomic mass is 19.1. The number of hydrogen-bond acceptors (Lipinski definition) is 1. The van der Waals surface area contributed by atoms with Gasteiger partial charge >= 0.3 is 0 Å². The van der Waals surface area contributed by atoms with Crippen LogP contribution in [0.5, 0.6) is 0 Å². The van der Waals surface area contributed by atoms with Crippen LogP contribution in [-0.4, -0.2) is 12.6 Å². The van der Waals surface area contributed by atoms with Gasteiger partial charge in [0.1, 0.15) is 11.6 Å². The molecule has 0 fully saturated rings. The lowest BCUT2D eigenvalue weighted by Gasteiger charge is -2.17. The van der Waals surface area contributed by atoms with Crippen molar-refractivity contribution in [1.29, 1.82) is 0 Å². The van der Waals surface area contributed by atoms with Gasteiger partial charge in [-0.15, -0.1) is 6.58 Å². The molecular formula is C14H19F2N. The molecule has 0 aliphatic carbocycles. The van der Waals surface area contributed by atoms with Crippen molar-refractivity contribution >= 4 is 0 Å². The van der Waals surface area contributed by atoms with Gasteiger partial charge in [-0.2, -0.15) is 0 Å². The molecule has 0 amide bonds. The Bertz CT molecular complexity index is 343. The predicted octanol–water partition coefficient (Wildman–Crippen LogP) is 3.45. The number of rotatable bonds is 7. The van der Waals surface area contributed by atoms with E-state index in [9.17, 15) is 8.78 Å². The second kappa shape index (κ2) is 7.17. The maximum absolute atomic E-state index is 13.5. The van der Waals surface area contributed by atoms with E-state index >= 15 is 0 Å². The van der Waals surface area contributed by atoms with Crippen molar-refractivity contribution in [2.75, 3.05) is 6.54 Å². The first kappa shape index (κ1) is 13.8. The van der Waals surface area contributed by atoms with Gasteiger partial charge in [0.05, 0.1) is 0 Å². The van der Waals surface area contributed by atoms with E-state index in [1.165, 1.54) is 18.2 Å². The van der Waals surface area contributed by atoms with Gasteiger partial charge in [0.25, 0.3) is 0 Å². The molecule has 3 heteroatoms. The summed E-state index contributed by atoms with van der Waals surface area (Å²) < 4.78 is 27.0. The van der Waals surface area contributed by atoms with Crippen LogP contribution in [-0.2, 0) is 6.42 Å². The van der Waals surface area contributed by atoms with Crippen LogP contribution in [0.4, 0.5) is 8.78 Å². The van der Waals surface area contributed by atoms with Crippen LogP contribution in [0, 0.1) is 11.6 Å². The summed E-state index contributed by atoms with van der Waals surface area (Å²) in [5.41, 5.74) is 0.169. The van der Waals surface area contributed by atoms with Crippen LogP contribution in [0.2, 0.25) is 0 Å². The molecule has 0 heterocycles. The van der Waals surface area contributed by atoms with Gasteiger partial charge in [0.15, 0.2) is 0 Å². The lowest BCUT2D eigenvalue weighted by Crippen LogP contribution is -2.31. The largest absolute Gasteiger partial charge is 0.314 e. The Balaban J connectivity index is 2.74. The summed E-state index contributed by atoms with van der Waals surface area (Å²) in [7, 11) is 0. The van der Waals surface area contributed by atoms with Crippen molar-refractivity contribution in [1.82, 2.24) is 5.32 Å². The van der Waals surface area contributed by atoms with Gasteiger partial charge in [-0.1, -0.05) is 19.1 Å². The topological polar surface area (TPSA) is 12.0 Å². The Hall–Kier alpha value is -1.22. The molecule has 0 spiro atoms. The third kappa shape index (κ3) is 4.27. The zero-order chi connectivity index (χ0) is 12.7. The van der Waals surface area contributed by atoms with Crippen molar-refractivity contribution < 1.29 is 8.78 Å². The number of halogens is 2. The number of likely N-dealkylation sites (N-methyl/N-ethyl adjacent to an activating group) is 1. The molecule has 1 atom stereocenters. The fraction of sp³-hybridized carbons (Fsp3) is 0.429. The summed E-state index contributed by atoms with van der Waals surface area (Å²) in [4.78, 5) is 0. The molecule has 1 aromatic carbocycles. The molecule has 0 aliphatic rings. The average molecular weight is 239 g/mol. The molecule has 1 aromatic rings. The second-order valence-electron chi connectivity index (χ2n) is 4.02. The normalized spacial score (nSPS) is 12.4. The first-order chi connectivity index (χ1) is 8.19. The first-order valence-electron chi connectivity index (χ1n) is 5.96. The van der Waals surface area contributed by atoms with E-state index in [0.29, 0.717) is 6.42 Å². The third-order valence-electron chi connectivity index (χ3n) is 2.72. The Labute approximate surface area is 102 Å². The molecule has 0 bridgehead atoms. The van der Waals surface area contributed by atoms with Crippen molar-refractivity contribution in [2.24, 2.45) is 0 Å². The smallest absolute Gasteiger partial charge is 0.129 e. The van der Waals surface area contributed by atoms with Gasteiger partial charge in [-0.05, 0) is 37.9 Å². The minimum absolute atomic E-state index is 0.0874. The zero-order valence-electron chi connectivity index (χ0n) is 10.2. The lowest BCUT2D eigenvalue weighted by atomic mass is 10.0. The first-order valence-corrected chi connectivity index (χ1v) is 5.96. The summed E-state index contributed by atoms with van der Waals surface area (Å²) in [5, 5.41) is 3.24. The Morgan fingerprint density at radius 1 is 1.35 bits per heavy atom. The van der Waals surface area contributed by atoms with Crippen LogP contribution < -0.4 is 5.32 Å². The number of nitrogens with one attached hydrogen (secondary N) is 1. The highest BCUT2D eigenvalue weighted by Gasteiger charge is 2.14. The second-order valence-corrected chi connectivity index (χ2v) is 4.02. The monoisotopic (exact) mass is 239 g/mol. The van der Waals surface area contributed by atoms with E-state index < -0.39 is 11.6 Å². The fourth-order valence-corrected chi connectivity index (χ4v) is 1.86. The quantitative estimate of drug-likeness (QED) is 0.719. The average Bonchev–Trinajstić information content (AvgIpc) is 2.31. The van der Waals surface area contributed by atoms with Crippen molar-refractivity contribution in [3.63, 3.8) is 0 Å². The summed E-state index contributed by atoms with van der Waals surface area (Å²) in [5.74, 6) is -0.932. The maximum Gasteiger partial charge on any atom is 0.129 e. The molecule has 1 rings (SSSR count). The maximum atomic E-state index is 13.5. The number of hydrogen-bond donors (Lipinski definition) is 1. The van der Waals surface area contributed by atoms with Crippen molar-refractivity contribution in [2.45, 2.75) is 32.2 Å². The van der Waals surface area contributed by atoms with E-state index in [4.69, 9.17) is 0 Å². The van der Waals surface area contributed by atoms with Gasteiger partial charge < -0.3 is 5.32 Å². The van der Waals surface area contributed by atoms with Crippen LogP contribution in [0.1, 0.15) is 25.3 Å². The highest BCUT2D eigenvalue weighted by Crippen LogP contribution is 2.16. The molecule has 0 saturated heterocycles. The fourth-order valence-electron chi connectivity index (χ4n) is 1.86. The minimum Gasteiger partial charge on any atom is -0.314 e. The van der Waals surface area contributed by atoms with E-state index in [0.717, 1.165) is 19.4 Å². The number of benzene rings is 1. The van der Waals surface area contributed by atoms with Crippen LogP contribution in [0.25, 0.3) is 0 Å². The molecule has 0 saturated carbocycles. The Morgan fingerprint density at radius 3 is 2.53 bits per heavy atom. The molecule has 0 aliphatic heterocycles. The zero-order valence-corrected chi connectivity index (χ0v) is 10.2. The molecule has 1 N–H and O–H groups in total. The minimum atomic E-state index is -0.466. The Kier molecular flexibility index (Phi) is 5.84. The number of allylic oxidation sites excluding steroid dienone is 1. The lowest BCUT2D eigenvalue weighted by molar-refractivity contribution is 0.466. The van der Waals surface area contributed by atoms with Gasteiger partial charge in [0, 0.05) is 11.6 Å². The summed E-state index contributed by atoms with van der Waals surface area (Å²) in [6, 6.07) is 4.08. The molecular weight excluding hydrogens is 220 g/mol. The van der Waals surface area contributed by atoms with Crippen LogP contribution in [0.3, 0.4) is 0 Å². The van der Waals surface area contributed by atoms with Gasteiger partial charge in [0.2, 0.25) is 0 Å². The Morgan fingerprint density at radius 2 is 2.00 bits per heavy atom.